The summed E-state index contributed by atoms with van der Waals surface area (Å²) in [4.78, 5) is 29.3. The molecule has 12 heteroatoms. The van der Waals surface area contributed by atoms with Gasteiger partial charge in [0.05, 0.1) is 34.3 Å². The summed E-state index contributed by atoms with van der Waals surface area (Å²) in [5, 5.41) is 4.75. The molecule has 0 radical (unpaired) electrons. The summed E-state index contributed by atoms with van der Waals surface area (Å²) in [5.41, 5.74) is -0.908. The third-order valence-electron chi connectivity index (χ3n) is 5.11. The zero-order chi connectivity index (χ0) is 26.7. The Morgan fingerprint density at radius 2 is 1.92 bits per heavy atom. The standard InChI is InChI=1S/C25H16BrClF3N3O4/c1-36-21(34)13-37-22-15(10-17(27)11-19(22)26)12-31-33-23(14-5-4-6-16(9-14)25(28,29)30)32-20-8-3-2-7-18(20)24(33)35/h2-12H,13H2,1H3. The fraction of sp³-hybridized carbons (Fsp3) is 0.120. The number of halogens is 5. The van der Waals surface area contributed by atoms with E-state index < -0.39 is 29.9 Å². The van der Waals surface area contributed by atoms with Crippen LogP contribution >= 0.6 is 27.5 Å². The van der Waals surface area contributed by atoms with Crippen molar-refractivity contribution in [3.05, 3.63) is 91.6 Å². The van der Waals surface area contributed by atoms with Crippen LogP contribution < -0.4 is 10.3 Å². The minimum absolute atomic E-state index is 0.0317. The van der Waals surface area contributed by atoms with Gasteiger partial charge in [0.15, 0.2) is 12.4 Å². The lowest BCUT2D eigenvalue weighted by molar-refractivity contribution is -0.143. The molecule has 4 rings (SSSR count). The summed E-state index contributed by atoms with van der Waals surface area (Å²) >= 11 is 9.47. The van der Waals surface area contributed by atoms with Gasteiger partial charge >= 0.3 is 12.1 Å². The number of hydrogen-bond acceptors (Lipinski definition) is 6. The van der Waals surface area contributed by atoms with Crippen molar-refractivity contribution in [3.8, 4) is 17.1 Å². The Balaban J connectivity index is 1.90. The predicted molar refractivity (Wildman–Crippen MR) is 136 cm³/mol. The van der Waals surface area contributed by atoms with Crippen molar-refractivity contribution in [1.82, 2.24) is 9.66 Å². The minimum Gasteiger partial charge on any atom is -0.480 e. The van der Waals surface area contributed by atoms with E-state index in [1.54, 1.807) is 18.2 Å². The van der Waals surface area contributed by atoms with E-state index in [4.69, 9.17) is 16.3 Å². The topological polar surface area (TPSA) is 82.8 Å². The molecule has 0 amide bonds. The number of carbonyl (C=O) groups excluding carboxylic acids is 1. The Hall–Kier alpha value is -3.70. The maximum atomic E-state index is 13.4. The lowest BCUT2D eigenvalue weighted by Crippen LogP contribution is -2.20. The number of rotatable bonds is 6. The van der Waals surface area contributed by atoms with Crippen LogP contribution in [-0.4, -0.2) is 35.6 Å². The number of benzene rings is 3. The van der Waals surface area contributed by atoms with Gasteiger partial charge in [0.2, 0.25) is 0 Å². The van der Waals surface area contributed by atoms with Crippen molar-refractivity contribution in [1.29, 1.82) is 0 Å². The molecule has 0 atom stereocenters. The van der Waals surface area contributed by atoms with Gasteiger partial charge in [0.25, 0.3) is 5.56 Å². The molecule has 0 bridgehead atoms. The number of alkyl halides is 3. The van der Waals surface area contributed by atoms with Crippen molar-refractivity contribution < 1.29 is 27.4 Å². The van der Waals surface area contributed by atoms with Gasteiger partial charge in [-0.05, 0) is 52.3 Å². The monoisotopic (exact) mass is 593 g/mol. The Morgan fingerprint density at radius 1 is 1.16 bits per heavy atom. The van der Waals surface area contributed by atoms with E-state index in [-0.39, 0.29) is 28.1 Å². The fourth-order valence-corrected chi connectivity index (χ4v) is 4.34. The number of aromatic nitrogens is 2. The molecule has 0 aliphatic heterocycles. The smallest absolute Gasteiger partial charge is 0.416 e. The van der Waals surface area contributed by atoms with Crippen LogP contribution in [0, 0.1) is 0 Å². The molecular weight excluding hydrogens is 579 g/mol. The van der Waals surface area contributed by atoms with Crippen LogP contribution in [0.3, 0.4) is 0 Å². The Kier molecular flexibility index (Phi) is 7.65. The molecule has 3 aromatic carbocycles. The highest BCUT2D eigenvalue weighted by atomic mass is 79.9. The van der Waals surface area contributed by atoms with E-state index >= 15 is 0 Å². The first-order valence-electron chi connectivity index (χ1n) is 10.5. The molecule has 37 heavy (non-hydrogen) atoms. The zero-order valence-corrected chi connectivity index (χ0v) is 21.3. The Bertz CT molecular complexity index is 1590. The molecule has 0 fully saturated rings. The van der Waals surface area contributed by atoms with Gasteiger partial charge in [-0.25, -0.2) is 9.78 Å². The van der Waals surface area contributed by atoms with E-state index in [0.29, 0.717) is 15.0 Å². The van der Waals surface area contributed by atoms with E-state index in [9.17, 15) is 22.8 Å². The lowest BCUT2D eigenvalue weighted by Gasteiger charge is -2.13. The number of hydrogen-bond donors (Lipinski definition) is 0. The third-order valence-corrected chi connectivity index (χ3v) is 5.92. The number of methoxy groups -OCH3 is 1. The predicted octanol–water partition coefficient (Wildman–Crippen LogP) is 5.93. The summed E-state index contributed by atoms with van der Waals surface area (Å²) in [6, 6.07) is 13.9. The molecule has 1 heterocycles. The van der Waals surface area contributed by atoms with Crippen LogP contribution in [-0.2, 0) is 15.7 Å². The number of fused-ring (bicyclic) bond motifs is 1. The molecule has 0 N–H and O–H groups in total. The first kappa shape index (κ1) is 26.4. The molecule has 0 aliphatic rings. The molecule has 0 spiro atoms. The van der Waals surface area contributed by atoms with Gasteiger partial charge in [0, 0.05) is 16.1 Å². The fourth-order valence-electron chi connectivity index (χ4n) is 3.39. The summed E-state index contributed by atoms with van der Waals surface area (Å²) < 4.78 is 51.6. The van der Waals surface area contributed by atoms with Gasteiger partial charge < -0.3 is 9.47 Å². The van der Waals surface area contributed by atoms with Gasteiger partial charge in [-0.2, -0.15) is 22.9 Å². The van der Waals surface area contributed by atoms with Crippen LogP contribution in [0.1, 0.15) is 11.1 Å². The van der Waals surface area contributed by atoms with Gasteiger partial charge in [0.1, 0.15) is 5.75 Å². The van der Waals surface area contributed by atoms with E-state index in [0.717, 1.165) is 16.8 Å². The van der Waals surface area contributed by atoms with Gasteiger partial charge in [-0.3, -0.25) is 4.79 Å². The summed E-state index contributed by atoms with van der Waals surface area (Å²) in [6.07, 6.45) is -3.36. The van der Waals surface area contributed by atoms with E-state index in [1.165, 1.54) is 43.7 Å². The molecule has 0 saturated heterocycles. The maximum Gasteiger partial charge on any atom is 0.416 e. The van der Waals surface area contributed by atoms with Crippen LogP contribution in [0.4, 0.5) is 13.2 Å². The largest absolute Gasteiger partial charge is 0.480 e. The maximum absolute atomic E-state index is 13.4. The molecule has 4 aromatic rings. The van der Waals surface area contributed by atoms with Crippen molar-refractivity contribution >= 4 is 50.6 Å². The summed E-state index contributed by atoms with van der Waals surface area (Å²) in [6.45, 7) is -0.412. The zero-order valence-electron chi connectivity index (χ0n) is 18.9. The van der Waals surface area contributed by atoms with E-state index in [1.807, 2.05) is 0 Å². The second kappa shape index (κ2) is 10.7. The van der Waals surface area contributed by atoms with Crippen LogP contribution in [0.5, 0.6) is 5.75 Å². The Labute approximate surface area is 221 Å². The van der Waals surface area contributed by atoms with Crippen LogP contribution in [0.25, 0.3) is 22.3 Å². The highest BCUT2D eigenvalue weighted by molar-refractivity contribution is 9.10. The second-order valence-electron chi connectivity index (χ2n) is 7.56. The van der Waals surface area contributed by atoms with Gasteiger partial charge in [-0.15, -0.1) is 0 Å². The van der Waals surface area contributed by atoms with Crippen molar-refractivity contribution in [2.75, 3.05) is 13.7 Å². The molecule has 0 saturated carbocycles. The molecule has 0 aliphatic carbocycles. The average molecular weight is 595 g/mol. The first-order chi connectivity index (χ1) is 17.6. The quantitative estimate of drug-likeness (QED) is 0.204. The van der Waals surface area contributed by atoms with Crippen molar-refractivity contribution in [2.45, 2.75) is 6.18 Å². The summed E-state index contributed by atoms with van der Waals surface area (Å²) in [5.74, 6) is -0.559. The number of nitrogens with zero attached hydrogens (tertiary/aromatic N) is 3. The third kappa shape index (κ3) is 5.83. The lowest BCUT2D eigenvalue weighted by atomic mass is 10.1. The van der Waals surface area contributed by atoms with E-state index in [2.05, 4.69) is 30.8 Å². The number of carbonyl (C=O) groups is 1. The molecular formula is C25H16BrClF3N3O4. The average Bonchev–Trinajstić information content (AvgIpc) is 2.86. The molecule has 7 nitrogen and oxygen atoms in total. The van der Waals surface area contributed by atoms with Crippen molar-refractivity contribution in [3.63, 3.8) is 0 Å². The Morgan fingerprint density at radius 3 is 2.65 bits per heavy atom. The van der Waals surface area contributed by atoms with Crippen LogP contribution in [0.2, 0.25) is 5.02 Å². The first-order valence-corrected chi connectivity index (χ1v) is 11.7. The molecule has 1 aromatic heterocycles. The molecule has 190 valence electrons. The molecule has 0 unspecified atom stereocenters. The SMILES string of the molecule is COC(=O)COc1c(Br)cc(Cl)cc1C=Nn1c(-c2cccc(C(F)(F)F)c2)nc2ccccc2c1=O. The normalized spacial score (nSPS) is 11.7. The summed E-state index contributed by atoms with van der Waals surface area (Å²) in [7, 11) is 1.21. The highest BCUT2D eigenvalue weighted by Gasteiger charge is 2.31. The highest BCUT2D eigenvalue weighted by Crippen LogP contribution is 2.33. The van der Waals surface area contributed by atoms with Gasteiger partial charge in [-0.1, -0.05) is 35.9 Å². The number of ether oxygens (including phenoxy) is 2. The minimum atomic E-state index is -4.60. The number of para-hydroxylation sites is 1. The van der Waals surface area contributed by atoms with Crippen molar-refractivity contribution in [2.24, 2.45) is 5.10 Å². The second-order valence-corrected chi connectivity index (χ2v) is 8.85. The number of esters is 1. The van der Waals surface area contributed by atoms with Crippen LogP contribution in [0.15, 0.2) is 75.0 Å².